The van der Waals surface area contributed by atoms with Gasteiger partial charge in [0.25, 0.3) is 0 Å². The molecule has 0 fully saturated rings. The van der Waals surface area contributed by atoms with E-state index in [-0.39, 0.29) is 6.54 Å². The molecule has 0 unspecified atom stereocenters. The maximum absolute atomic E-state index is 13.6. The topological polar surface area (TPSA) is 48.0 Å². The average molecular weight is 370 g/mol. The van der Waals surface area contributed by atoms with Gasteiger partial charge in [-0.1, -0.05) is 23.7 Å². The van der Waals surface area contributed by atoms with E-state index < -0.39 is 17.5 Å². The van der Waals surface area contributed by atoms with E-state index in [1.54, 1.807) is 24.3 Å². The Kier molecular flexibility index (Phi) is 3.89. The van der Waals surface area contributed by atoms with Crippen LogP contribution < -0.4 is 5.73 Å². The van der Waals surface area contributed by atoms with Crippen LogP contribution in [0.25, 0.3) is 21.8 Å². The fourth-order valence-electron chi connectivity index (χ4n) is 3.32. The number of nitrogens with zero attached hydrogens (tertiary/aromatic N) is 1. The summed E-state index contributed by atoms with van der Waals surface area (Å²) in [5.41, 5.74) is 7.61. The number of nitrogens with two attached hydrogens (primary N) is 1. The number of primary amides is 1. The lowest BCUT2D eigenvalue weighted by atomic mass is 10.1. The second-order valence-electron chi connectivity index (χ2n) is 5.98. The Morgan fingerprint density at radius 1 is 1.15 bits per heavy atom. The number of carbonyl (C=O) groups is 1. The fraction of sp³-hybridized carbons (Fsp3) is 0.0500. The number of fused-ring (bicyclic) bond motifs is 3. The molecule has 0 saturated heterocycles. The van der Waals surface area contributed by atoms with Crippen molar-refractivity contribution in [1.82, 2.24) is 4.57 Å². The highest BCUT2D eigenvalue weighted by atomic mass is 35.5. The van der Waals surface area contributed by atoms with Gasteiger partial charge in [0.15, 0.2) is 0 Å². The van der Waals surface area contributed by atoms with Crippen molar-refractivity contribution in [2.75, 3.05) is 0 Å². The van der Waals surface area contributed by atoms with Gasteiger partial charge in [0, 0.05) is 28.9 Å². The maximum Gasteiger partial charge on any atom is 0.249 e. The molecule has 4 aromatic rings. The molecular formula is C20H12ClF2N2O. The second-order valence-corrected chi connectivity index (χ2v) is 6.38. The molecule has 4 rings (SSSR count). The summed E-state index contributed by atoms with van der Waals surface area (Å²) >= 11 is 6.39. The van der Waals surface area contributed by atoms with Gasteiger partial charge >= 0.3 is 0 Å². The van der Waals surface area contributed by atoms with E-state index in [1.807, 2.05) is 10.6 Å². The normalized spacial score (nSPS) is 11.3. The molecule has 1 aromatic heterocycles. The lowest BCUT2D eigenvalue weighted by molar-refractivity contribution is 0.100. The van der Waals surface area contributed by atoms with E-state index in [0.717, 1.165) is 6.07 Å². The second kappa shape index (κ2) is 6.11. The number of hydrogen-bond donors (Lipinski definition) is 1. The van der Waals surface area contributed by atoms with Gasteiger partial charge in [0.1, 0.15) is 11.6 Å². The number of halogens is 3. The minimum atomic E-state index is -0.656. The van der Waals surface area contributed by atoms with Crippen LogP contribution in [0.2, 0.25) is 5.02 Å². The van der Waals surface area contributed by atoms with Gasteiger partial charge < -0.3 is 10.3 Å². The van der Waals surface area contributed by atoms with Crippen LogP contribution >= 0.6 is 11.6 Å². The van der Waals surface area contributed by atoms with E-state index in [1.165, 1.54) is 12.1 Å². The molecule has 0 bridgehead atoms. The van der Waals surface area contributed by atoms with Gasteiger partial charge in [0.05, 0.1) is 16.1 Å². The summed E-state index contributed by atoms with van der Waals surface area (Å²) in [6, 6.07) is 14.9. The summed E-state index contributed by atoms with van der Waals surface area (Å²) in [5.74, 6) is -1.88. The predicted molar refractivity (Wildman–Crippen MR) is 97.3 cm³/mol. The van der Waals surface area contributed by atoms with E-state index >= 15 is 0 Å². The van der Waals surface area contributed by atoms with Crippen LogP contribution in [0.4, 0.5) is 8.78 Å². The van der Waals surface area contributed by atoms with E-state index in [9.17, 15) is 13.6 Å². The lowest BCUT2D eigenvalue weighted by Gasteiger charge is -2.09. The molecular weight excluding hydrogens is 358 g/mol. The standard InChI is InChI=1S/C20H12ClF2N2O/c21-16-5-1-3-14-18-15(20(24)26)4-2-6-17(18)25(19(14)16)10-11-7-12(22)9-13(23)8-11/h1-2,4-9H,10H2,(H2,24,26). The van der Waals surface area contributed by atoms with Gasteiger partial charge in [-0.05, 0) is 42.0 Å². The van der Waals surface area contributed by atoms with Crippen LogP contribution in [0.15, 0.2) is 48.5 Å². The number of aromatic nitrogens is 1. The predicted octanol–water partition coefficient (Wildman–Crippen LogP) is 4.67. The molecule has 3 nitrogen and oxygen atoms in total. The summed E-state index contributed by atoms with van der Waals surface area (Å²) in [6.07, 6.45) is 0. The smallest absolute Gasteiger partial charge is 0.249 e. The Bertz CT molecular complexity index is 1160. The third-order valence-corrected chi connectivity index (χ3v) is 4.61. The lowest BCUT2D eigenvalue weighted by Crippen LogP contribution is -2.11. The van der Waals surface area contributed by atoms with Crippen molar-refractivity contribution >= 4 is 39.3 Å². The van der Waals surface area contributed by atoms with Crippen molar-refractivity contribution in [3.63, 3.8) is 0 Å². The summed E-state index contributed by atoms with van der Waals surface area (Å²) in [6.45, 7) is 0.175. The van der Waals surface area contributed by atoms with Crippen molar-refractivity contribution in [3.8, 4) is 0 Å². The highest BCUT2D eigenvalue weighted by Crippen LogP contribution is 2.35. The first kappa shape index (κ1) is 16.5. The van der Waals surface area contributed by atoms with Crippen molar-refractivity contribution in [1.29, 1.82) is 0 Å². The first-order valence-corrected chi connectivity index (χ1v) is 8.19. The molecule has 1 radical (unpaired) electrons. The zero-order valence-electron chi connectivity index (χ0n) is 13.4. The molecule has 0 aliphatic heterocycles. The number of carbonyl (C=O) groups excluding carboxylic acids is 1. The molecule has 0 saturated carbocycles. The molecule has 2 N–H and O–H groups in total. The molecule has 0 aliphatic rings. The van der Waals surface area contributed by atoms with Crippen molar-refractivity contribution < 1.29 is 13.6 Å². The van der Waals surface area contributed by atoms with Gasteiger partial charge in [-0.2, -0.15) is 0 Å². The van der Waals surface area contributed by atoms with Crippen LogP contribution in [-0.2, 0) is 6.54 Å². The first-order valence-electron chi connectivity index (χ1n) is 7.81. The van der Waals surface area contributed by atoms with Gasteiger partial charge in [-0.3, -0.25) is 4.79 Å². The average Bonchev–Trinajstić information content (AvgIpc) is 2.89. The molecule has 3 aromatic carbocycles. The molecule has 6 heteroatoms. The van der Waals surface area contributed by atoms with Crippen LogP contribution in [-0.4, -0.2) is 10.5 Å². The SMILES string of the molecule is NC(=O)c1cccc2c1c1[c]ccc(Cl)c1n2Cc1cc(F)cc(F)c1. The van der Waals surface area contributed by atoms with Crippen molar-refractivity contribution in [2.45, 2.75) is 6.54 Å². The molecule has 0 atom stereocenters. The molecule has 1 amide bonds. The summed E-state index contributed by atoms with van der Waals surface area (Å²) in [4.78, 5) is 11.9. The number of rotatable bonds is 3. The molecule has 0 spiro atoms. The van der Waals surface area contributed by atoms with E-state index in [2.05, 4.69) is 6.07 Å². The third-order valence-electron chi connectivity index (χ3n) is 4.30. The zero-order chi connectivity index (χ0) is 18.4. The monoisotopic (exact) mass is 369 g/mol. The Labute approximate surface area is 152 Å². The largest absolute Gasteiger partial charge is 0.366 e. The van der Waals surface area contributed by atoms with Crippen LogP contribution in [0.5, 0.6) is 0 Å². The Hall–Kier alpha value is -2.92. The molecule has 1 heterocycles. The Balaban J connectivity index is 2.07. The highest BCUT2D eigenvalue weighted by molar-refractivity contribution is 6.36. The maximum atomic E-state index is 13.6. The van der Waals surface area contributed by atoms with Crippen LogP contribution in [0.1, 0.15) is 15.9 Å². The molecule has 129 valence electrons. The summed E-state index contributed by atoms with van der Waals surface area (Å²) < 4.78 is 29.0. The zero-order valence-corrected chi connectivity index (χ0v) is 14.1. The van der Waals surface area contributed by atoms with Crippen molar-refractivity contribution in [3.05, 3.63) is 82.4 Å². The number of benzene rings is 3. The quantitative estimate of drug-likeness (QED) is 0.560. The fourth-order valence-corrected chi connectivity index (χ4v) is 3.58. The molecule has 0 aliphatic carbocycles. The van der Waals surface area contributed by atoms with Crippen LogP contribution in [0.3, 0.4) is 0 Å². The van der Waals surface area contributed by atoms with Gasteiger partial charge in [0.2, 0.25) is 5.91 Å². The Morgan fingerprint density at radius 2 is 1.88 bits per heavy atom. The first-order chi connectivity index (χ1) is 12.5. The minimum Gasteiger partial charge on any atom is -0.366 e. The number of hydrogen-bond acceptors (Lipinski definition) is 1. The third kappa shape index (κ3) is 2.61. The molecule has 26 heavy (non-hydrogen) atoms. The number of amides is 1. The van der Waals surface area contributed by atoms with Crippen LogP contribution in [0, 0.1) is 17.7 Å². The van der Waals surface area contributed by atoms with Crippen molar-refractivity contribution in [2.24, 2.45) is 5.73 Å². The minimum absolute atomic E-state index is 0.175. The van der Waals surface area contributed by atoms with E-state index in [4.69, 9.17) is 17.3 Å². The van der Waals surface area contributed by atoms with Gasteiger partial charge in [-0.15, -0.1) is 0 Å². The van der Waals surface area contributed by atoms with Gasteiger partial charge in [-0.25, -0.2) is 8.78 Å². The summed E-state index contributed by atoms with van der Waals surface area (Å²) in [5, 5.41) is 1.70. The Morgan fingerprint density at radius 3 is 2.58 bits per heavy atom. The van der Waals surface area contributed by atoms with E-state index in [0.29, 0.717) is 38.0 Å². The summed E-state index contributed by atoms with van der Waals surface area (Å²) in [7, 11) is 0. The highest BCUT2D eigenvalue weighted by Gasteiger charge is 2.18.